The summed E-state index contributed by atoms with van der Waals surface area (Å²) in [6.07, 6.45) is 1.88. The van der Waals surface area contributed by atoms with Gasteiger partial charge in [-0.15, -0.1) is 0 Å². The second kappa shape index (κ2) is 8.22. The van der Waals surface area contributed by atoms with Crippen LogP contribution in [-0.2, 0) is 11.2 Å². The molecule has 0 radical (unpaired) electrons. The molecule has 0 spiro atoms. The van der Waals surface area contributed by atoms with E-state index < -0.39 is 0 Å². The highest BCUT2D eigenvalue weighted by atomic mass is 19.1. The third kappa shape index (κ3) is 6.12. The molecule has 0 amide bonds. The van der Waals surface area contributed by atoms with E-state index in [1.165, 1.54) is 6.07 Å². The highest BCUT2D eigenvalue weighted by Gasteiger charge is 2.10. The fraction of sp³-hybridized carbons (Fsp3) is 0.600. The van der Waals surface area contributed by atoms with E-state index in [0.717, 1.165) is 31.6 Å². The van der Waals surface area contributed by atoms with Crippen LogP contribution in [0.3, 0.4) is 0 Å². The minimum Gasteiger partial charge on any atom is -0.385 e. The number of methoxy groups -OCH3 is 1. The van der Waals surface area contributed by atoms with Gasteiger partial charge in [0.05, 0.1) is 0 Å². The fourth-order valence-electron chi connectivity index (χ4n) is 1.96. The van der Waals surface area contributed by atoms with E-state index >= 15 is 0 Å². The van der Waals surface area contributed by atoms with Crippen LogP contribution in [0, 0.1) is 11.7 Å². The number of nitrogens with one attached hydrogen (secondary N) is 1. The van der Waals surface area contributed by atoms with Crippen LogP contribution in [-0.4, -0.2) is 26.3 Å². The number of halogens is 1. The first-order valence-corrected chi connectivity index (χ1v) is 6.58. The summed E-state index contributed by atoms with van der Waals surface area (Å²) in [6, 6.07) is 7.34. The van der Waals surface area contributed by atoms with Crippen molar-refractivity contribution >= 4 is 0 Å². The van der Waals surface area contributed by atoms with Gasteiger partial charge in [-0.25, -0.2) is 4.39 Å². The van der Waals surface area contributed by atoms with Gasteiger partial charge in [0.2, 0.25) is 0 Å². The minimum atomic E-state index is -0.158. The molecule has 102 valence electrons. The summed E-state index contributed by atoms with van der Waals surface area (Å²) in [5.74, 6) is 0.323. The van der Waals surface area contributed by atoms with Gasteiger partial charge < -0.3 is 10.1 Å². The third-order valence-corrected chi connectivity index (χ3v) is 2.96. The van der Waals surface area contributed by atoms with E-state index in [1.807, 2.05) is 6.07 Å². The summed E-state index contributed by atoms with van der Waals surface area (Å²) in [4.78, 5) is 0. The molecule has 0 aliphatic carbocycles. The molecular formula is C15H24FNO. The predicted molar refractivity (Wildman–Crippen MR) is 73.2 cm³/mol. The van der Waals surface area contributed by atoms with Crippen LogP contribution < -0.4 is 5.32 Å². The second-order valence-corrected chi connectivity index (χ2v) is 5.04. The maximum Gasteiger partial charge on any atom is 0.123 e. The second-order valence-electron chi connectivity index (χ2n) is 5.04. The molecule has 0 saturated heterocycles. The zero-order chi connectivity index (χ0) is 13.4. The van der Waals surface area contributed by atoms with Crippen molar-refractivity contribution in [3.8, 4) is 0 Å². The lowest BCUT2D eigenvalue weighted by atomic mass is 9.96. The van der Waals surface area contributed by atoms with Gasteiger partial charge in [-0.3, -0.25) is 0 Å². The predicted octanol–water partition coefficient (Wildman–Crippen LogP) is 3.02. The van der Waals surface area contributed by atoms with E-state index in [9.17, 15) is 4.39 Å². The molecule has 0 fully saturated rings. The van der Waals surface area contributed by atoms with Crippen LogP contribution in [0.4, 0.5) is 4.39 Å². The van der Waals surface area contributed by atoms with Crippen LogP contribution in [0.15, 0.2) is 24.3 Å². The lowest BCUT2D eigenvalue weighted by molar-refractivity contribution is 0.175. The number of hydrogen-bond acceptors (Lipinski definition) is 2. The van der Waals surface area contributed by atoms with Gasteiger partial charge in [-0.2, -0.15) is 0 Å². The molecule has 0 bridgehead atoms. The number of hydrogen-bond donors (Lipinski definition) is 1. The van der Waals surface area contributed by atoms with Gasteiger partial charge in [-0.05, 0) is 43.0 Å². The zero-order valence-electron chi connectivity index (χ0n) is 11.6. The summed E-state index contributed by atoms with van der Waals surface area (Å²) >= 11 is 0. The number of benzene rings is 1. The van der Waals surface area contributed by atoms with Crippen molar-refractivity contribution in [1.29, 1.82) is 0 Å². The van der Waals surface area contributed by atoms with Crippen LogP contribution >= 0.6 is 0 Å². The average Bonchev–Trinajstić information content (AvgIpc) is 2.32. The minimum absolute atomic E-state index is 0.158. The highest BCUT2D eigenvalue weighted by Crippen LogP contribution is 2.13. The maximum atomic E-state index is 13.1. The highest BCUT2D eigenvalue weighted by molar-refractivity contribution is 5.16. The molecule has 1 rings (SSSR count). The average molecular weight is 253 g/mol. The van der Waals surface area contributed by atoms with Crippen molar-refractivity contribution in [2.75, 3.05) is 20.3 Å². The Labute approximate surface area is 110 Å². The molecule has 1 aromatic rings. The summed E-state index contributed by atoms with van der Waals surface area (Å²) < 4.78 is 18.3. The number of rotatable bonds is 8. The van der Waals surface area contributed by atoms with E-state index in [-0.39, 0.29) is 5.82 Å². The Bertz CT molecular complexity index is 341. The van der Waals surface area contributed by atoms with Crippen LogP contribution in [0.1, 0.15) is 25.8 Å². The van der Waals surface area contributed by atoms with Crippen LogP contribution in [0.2, 0.25) is 0 Å². The Hall–Kier alpha value is -0.930. The quantitative estimate of drug-likeness (QED) is 0.769. The summed E-state index contributed by atoms with van der Waals surface area (Å²) in [6.45, 7) is 5.96. The third-order valence-electron chi connectivity index (χ3n) is 2.96. The Morgan fingerprint density at radius 3 is 2.72 bits per heavy atom. The Kier molecular flexibility index (Phi) is 6.91. The number of ether oxygens (including phenoxy) is 1. The van der Waals surface area contributed by atoms with Gasteiger partial charge in [-0.1, -0.05) is 26.0 Å². The van der Waals surface area contributed by atoms with Crippen LogP contribution in [0.5, 0.6) is 0 Å². The molecule has 0 aliphatic rings. The first kappa shape index (κ1) is 15.1. The van der Waals surface area contributed by atoms with Crippen molar-refractivity contribution in [3.05, 3.63) is 35.6 Å². The molecule has 0 saturated carbocycles. The molecule has 3 heteroatoms. The van der Waals surface area contributed by atoms with Crippen molar-refractivity contribution in [1.82, 2.24) is 5.32 Å². The largest absolute Gasteiger partial charge is 0.385 e. The normalized spacial score (nSPS) is 12.9. The SMILES string of the molecule is COCCC(CNC(C)C)Cc1cccc(F)c1. The Morgan fingerprint density at radius 2 is 2.11 bits per heavy atom. The standard InChI is InChI=1S/C15H24FNO/c1-12(2)17-11-14(7-8-18-3)9-13-5-4-6-15(16)10-13/h4-6,10,12,14,17H,7-9,11H2,1-3H3. The summed E-state index contributed by atoms with van der Waals surface area (Å²) in [5.41, 5.74) is 1.06. The molecule has 2 nitrogen and oxygen atoms in total. The molecule has 1 N–H and O–H groups in total. The molecule has 0 aromatic heterocycles. The molecule has 0 heterocycles. The Morgan fingerprint density at radius 1 is 1.33 bits per heavy atom. The fourth-order valence-corrected chi connectivity index (χ4v) is 1.96. The zero-order valence-corrected chi connectivity index (χ0v) is 11.6. The van der Waals surface area contributed by atoms with E-state index in [0.29, 0.717) is 12.0 Å². The maximum absolute atomic E-state index is 13.1. The molecule has 1 aromatic carbocycles. The van der Waals surface area contributed by atoms with E-state index in [4.69, 9.17) is 4.74 Å². The summed E-state index contributed by atoms with van der Waals surface area (Å²) in [7, 11) is 1.72. The monoisotopic (exact) mass is 253 g/mol. The van der Waals surface area contributed by atoms with E-state index in [1.54, 1.807) is 19.2 Å². The first-order valence-electron chi connectivity index (χ1n) is 6.58. The van der Waals surface area contributed by atoms with Gasteiger partial charge in [0.15, 0.2) is 0 Å². The van der Waals surface area contributed by atoms with Gasteiger partial charge in [0, 0.05) is 19.8 Å². The van der Waals surface area contributed by atoms with Gasteiger partial charge >= 0.3 is 0 Å². The molecule has 1 unspecified atom stereocenters. The molecule has 18 heavy (non-hydrogen) atoms. The molecular weight excluding hydrogens is 229 g/mol. The van der Waals surface area contributed by atoms with Gasteiger partial charge in [0.25, 0.3) is 0 Å². The van der Waals surface area contributed by atoms with Gasteiger partial charge in [0.1, 0.15) is 5.82 Å². The molecule has 1 atom stereocenters. The summed E-state index contributed by atoms with van der Waals surface area (Å²) in [5, 5.41) is 3.44. The van der Waals surface area contributed by atoms with Crippen molar-refractivity contribution in [3.63, 3.8) is 0 Å². The molecule has 0 aliphatic heterocycles. The van der Waals surface area contributed by atoms with E-state index in [2.05, 4.69) is 19.2 Å². The lowest BCUT2D eigenvalue weighted by Crippen LogP contribution is -2.30. The Balaban J connectivity index is 2.53. The van der Waals surface area contributed by atoms with Crippen molar-refractivity contribution < 1.29 is 9.13 Å². The lowest BCUT2D eigenvalue weighted by Gasteiger charge is -2.19. The van der Waals surface area contributed by atoms with Crippen LogP contribution in [0.25, 0.3) is 0 Å². The van der Waals surface area contributed by atoms with Crippen molar-refractivity contribution in [2.45, 2.75) is 32.7 Å². The smallest absolute Gasteiger partial charge is 0.123 e. The topological polar surface area (TPSA) is 21.3 Å². The van der Waals surface area contributed by atoms with Crippen molar-refractivity contribution in [2.24, 2.45) is 5.92 Å². The first-order chi connectivity index (χ1) is 8.61.